The fraction of sp³-hybridized carbons (Fsp3) is 0.208. The molecular weight excluding hydrogens is 423 g/mol. The average molecular weight is 444 g/mol. The minimum Gasteiger partial charge on any atom is -0.320 e. The van der Waals surface area contributed by atoms with E-state index in [0.717, 1.165) is 40.8 Å². The molecule has 1 atom stereocenters. The molecule has 0 saturated heterocycles. The lowest BCUT2D eigenvalue weighted by Crippen LogP contribution is -2.12. The fourth-order valence-corrected chi connectivity index (χ4v) is 4.60. The van der Waals surface area contributed by atoms with E-state index in [1.807, 2.05) is 24.3 Å². The summed E-state index contributed by atoms with van der Waals surface area (Å²) in [5, 5.41) is 1.49. The van der Waals surface area contributed by atoms with Gasteiger partial charge in [0.05, 0.1) is 32.1 Å². The summed E-state index contributed by atoms with van der Waals surface area (Å²) in [7, 11) is 0. The predicted octanol–water partition coefficient (Wildman–Crippen LogP) is 8.23. The molecule has 0 amide bonds. The summed E-state index contributed by atoms with van der Waals surface area (Å²) in [6.07, 6.45) is 1.81. The molecule has 1 unspecified atom stereocenters. The normalized spacial score (nSPS) is 12.4. The molecule has 0 saturated carbocycles. The van der Waals surface area contributed by atoms with Crippen LogP contribution in [0.15, 0.2) is 60.7 Å². The smallest absolute Gasteiger partial charge is 0.110 e. The van der Waals surface area contributed by atoms with Crippen molar-refractivity contribution in [1.29, 1.82) is 0 Å². The number of aromatic nitrogens is 2. The van der Waals surface area contributed by atoms with E-state index >= 15 is 0 Å². The van der Waals surface area contributed by atoms with Gasteiger partial charge in [0.2, 0.25) is 0 Å². The maximum atomic E-state index is 6.52. The third kappa shape index (κ3) is 3.66. The lowest BCUT2D eigenvalue weighted by molar-refractivity contribution is 0.558. The van der Waals surface area contributed by atoms with Crippen molar-refractivity contribution < 1.29 is 0 Å². The summed E-state index contributed by atoms with van der Waals surface area (Å²) in [5.74, 6) is 1.05. The Morgan fingerprint density at radius 1 is 0.828 bits per heavy atom. The van der Waals surface area contributed by atoms with Crippen LogP contribution in [0.2, 0.25) is 15.1 Å². The van der Waals surface area contributed by atoms with Gasteiger partial charge in [0, 0.05) is 17.5 Å². The summed E-state index contributed by atoms with van der Waals surface area (Å²) >= 11 is 18.9. The first kappa shape index (κ1) is 20.3. The quantitative estimate of drug-likeness (QED) is 0.284. The molecule has 3 aromatic carbocycles. The molecule has 0 fully saturated rings. The van der Waals surface area contributed by atoms with Crippen LogP contribution in [0.4, 0.5) is 0 Å². The van der Waals surface area contributed by atoms with E-state index in [2.05, 4.69) is 48.7 Å². The number of nitrogens with zero attached hydrogens (tertiary/aromatic N) is 2. The molecule has 29 heavy (non-hydrogen) atoms. The molecule has 0 aliphatic carbocycles. The third-order valence-electron chi connectivity index (χ3n) is 5.29. The molecule has 2 nitrogen and oxygen atoms in total. The van der Waals surface area contributed by atoms with Crippen molar-refractivity contribution >= 4 is 45.8 Å². The second kappa shape index (κ2) is 8.39. The van der Waals surface area contributed by atoms with Gasteiger partial charge in [-0.05, 0) is 30.2 Å². The number of aryl methyl sites for hydroxylation is 1. The van der Waals surface area contributed by atoms with E-state index in [4.69, 9.17) is 39.8 Å². The SMILES string of the molecule is CCc1nc2c(-c3cc(Cl)c(Cl)cc3Cl)cccc2n1C(CC)c1ccccc1. The van der Waals surface area contributed by atoms with E-state index in [0.29, 0.717) is 15.1 Å². The van der Waals surface area contributed by atoms with E-state index in [9.17, 15) is 0 Å². The summed E-state index contributed by atoms with van der Waals surface area (Å²) in [6.45, 7) is 4.35. The van der Waals surface area contributed by atoms with Gasteiger partial charge in [-0.2, -0.15) is 0 Å². The van der Waals surface area contributed by atoms with Gasteiger partial charge in [-0.25, -0.2) is 4.98 Å². The van der Waals surface area contributed by atoms with Gasteiger partial charge in [-0.1, -0.05) is 91.1 Å². The van der Waals surface area contributed by atoms with Crippen molar-refractivity contribution in [3.05, 3.63) is 87.1 Å². The Morgan fingerprint density at radius 2 is 1.55 bits per heavy atom. The second-order valence-electron chi connectivity index (χ2n) is 7.01. The fourth-order valence-electron chi connectivity index (χ4n) is 3.95. The van der Waals surface area contributed by atoms with Gasteiger partial charge in [0.15, 0.2) is 0 Å². The number of hydrogen-bond acceptors (Lipinski definition) is 1. The number of rotatable bonds is 5. The number of hydrogen-bond donors (Lipinski definition) is 0. The first-order valence-electron chi connectivity index (χ1n) is 9.74. The zero-order chi connectivity index (χ0) is 20.5. The van der Waals surface area contributed by atoms with Crippen LogP contribution in [0.1, 0.15) is 37.7 Å². The van der Waals surface area contributed by atoms with Crippen LogP contribution in [0.3, 0.4) is 0 Å². The summed E-state index contributed by atoms with van der Waals surface area (Å²) < 4.78 is 2.36. The van der Waals surface area contributed by atoms with E-state index in [1.165, 1.54) is 5.56 Å². The molecule has 0 N–H and O–H groups in total. The minimum atomic E-state index is 0.218. The number of benzene rings is 3. The molecule has 0 radical (unpaired) electrons. The summed E-state index contributed by atoms with van der Waals surface area (Å²) in [5.41, 5.74) is 5.10. The highest BCUT2D eigenvalue weighted by molar-refractivity contribution is 6.44. The van der Waals surface area contributed by atoms with E-state index < -0.39 is 0 Å². The van der Waals surface area contributed by atoms with Gasteiger partial charge < -0.3 is 4.57 Å². The zero-order valence-corrected chi connectivity index (χ0v) is 18.6. The molecule has 1 aromatic heterocycles. The average Bonchev–Trinajstić information content (AvgIpc) is 3.11. The first-order chi connectivity index (χ1) is 14.0. The van der Waals surface area contributed by atoms with Crippen molar-refractivity contribution in [2.75, 3.05) is 0 Å². The predicted molar refractivity (Wildman–Crippen MR) is 124 cm³/mol. The Hall–Kier alpha value is -2.00. The molecular formula is C24H21Cl3N2. The van der Waals surface area contributed by atoms with Gasteiger partial charge >= 0.3 is 0 Å². The topological polar surface area (TPSA) is 17.8 Å². The summed E-state index contributed by atoms with van der Waals surface area (Å²) in [4.78, 5) is 5.02. The number of fused-ring (bicyclic) bond motifs is 1. The van der Waals surface area contributed by atoms with Gasteiger partial charge in [0.1, 0.15) is 5.82 Å². The molecule has 0 spiro atoms. The molecule has 0 aliphatic heterocycles. The molecule has 4 aromatic rings. The Balaban J connectivity index is 1.98. The van der Waals surface area contributed by atoms with Crippen molar-refractivity contribution in [1.82, 2.24) is 9.55 Å². The standard InChI is InChI=1S/C24H21Cl3N2/c1-3-21(15-9-6-5-7-10-15)29-22-12-8-11-16(24(22)28-23(29)4-2)17-13-19(26)20(27)14-18(17)25/h5-14,21H,3-4H2,1-2H3. The minimum absolute atomic E-state index is 0.218. The Bertz CT molecular complexity index is 1170. The monoisotopic (exact) mass is 442 g/mol. The Labute approximate surface area is 186 Å². The van der Waals surface area contributed by atoms with Gasteiger partial charge in [0.25, 0.3) is 0 Å². The van der Waals surface area contributed by atoms with Crippen LogP contribution in [-0.4, -0.2) is 9.55 Å². The van der Waals surface area contributed by atoms with Crippen LogP contribution in [0.5, 0.6) is 0 Å². The Morgan fingerprint density at radius 3 is 2.24 bits per heavy atom. The van der Waals surface area contributed by atoms with E-state index in [1.54, 1.807) is 6.07 Å². The molecule has 4 rings (SSSR count). The van der Waals surface area contributed by atoms with E-state index in [-0.39, 0.29) is 6.04 Å². The molecule has 148 valence electrons. The second-order valence-corrected chi connectivity index (χ2v) is 8.23. The van der Waals surface area contributed by atoms with Crippen LogP contribution in [0.25, 0.3) is 22.2 Å². The van der Waals surface area contributed by atoms with Crippen molar-refractivity contribution in [2.24, 2.45) is 0 Å². The lowest BCUT2D eigenvalue weighted by atomic mass is 10.0. The molecule has 0 aliphatic rings. The van der Waals surface area contributed by atoms with Crippen molar-refractivity contribution in [3.8, 4) is 11.1 Å². The molecule has 5 heteroatoms. The lowest BCUT2D eigenvalue weighted by Gasteiger charge is -2.21. The molecule has 0 bridgehead atoms. The van der Waals surface area contributed by atoms with Crippen LogP contribution >= 0.6 is 34.8 Å². The van der Waals surface area contributed by atoms with Crippen molar-refractivity contribution in [3.63, 3.8) is 0 Å². The highest BCUT2D eigenvalue weighted by Gasteiger charge is 2.21. The Kier molecular flexibility index (Phi) is 5.87. The first-order valence-corrected chi connectivity index (χ1v) is 10.9. The number of halogens is 3. The van der Waals surface area contributed by atoms with Crippen LogP contribution in [-0.2, 0) is 6.42 Å². The highest BCUT2D eigenvalue weighted by Crippen LogP contribution is 2.39. The third-order valence-corrected chi connectivity index (χ3v) is 6.33. The number of para-hydroxylation sites is 1. The maximum absolute atomic E-state index is 6.52. The van der Waals surface area contributed by atoms with Crippen LogP contribution in [0, 0.1) is 0 Å². The molecule has 1 heterocycles. The van der Waals surface area contributed by atoms with Gasteiger partial charge in [-0.3, -0.25) is 0 Å². The largest absolute Gasteiger partial charge is 0.320 e. The van der Waals surface area contributed by atoms with Crippen LogP contribution < -0.4 is 0 Å². The number of imidazole rings is 1. The highest BCUT2D eigenvalue weighted by atomic mass is 35.5. The maximum Gasteiger partial charge on any atom is 0.110 e. The zero-order valence-electron chi connectivity index (χ0n) is 16.3. The summed E-state index contributed by atoms with van der Waals surface area (Å²) in [6, 6.07) is 20.5. The van der Waals surface area contributed by atoms with Crippen molar-refractivity contribution in [2.45, 2.75) is 32.7 Å². The van der Waals surface area contributed by atoms with Gasteiger partial charge in [-0.15, -0.1) is 0 Å².